The summed E-state index contributed by atoms with van der Waals surface area (Å²) in [6.45, 7) is 4.58. The molecule has 0 saturated carbocycles. The van der Waals surface area contributed by atoms with Gasteiger partial charge < -0.3 is 0 Å². The van der Waals surface area contributed by atoms with Gasteiger partial charge in [0.15, 0.2) is 0 Å². The van der Waals surface area contributed by atoms with E-state index in [1.807, 2.05) is 22.7 Å². The topological polar surface area (TPSA) is 0 Å². The second-order valence-corrected chi connectivity index (χ2v) is 13.9. The molecule has 5 aromatic rings. The number of hydrogen-bond acceptors (Lipinski definition) is 2. The van der Waals surface area contributed by atoms with Crippen LogP contribution in [0.25, 0.3) is 42.4 Å². The monoisotopic (exact) mass is 566 g/mol. The highest BCUT2D eigenvalue weighted by Gasteiger charge is 2.08. The molecule has 0 fully saturated rings. The summed E-state index contributed by atoms with van der Waals surface area (Å²) in [6.07, 6.45) is 18.8. The fourth-order valence-electron chi connectivity index (χ4n) is 5.80. The summed E-state index contributed by atoms with van der Waals surface area (Å²) in [5.74, 6) is 0. The summed E-state index contributed by atoms with van der Waals surface area (Å²) < 4.78 is 0. The van der Waals surface area contributed by atoms with Crippen molar-refractivity contribution in [3.05, 3.63) is 82.6 Å². The molecule has 0 spiro atoms. The quantitative estimate of drug-likeness (QED) is 0.0823. The van der Waals surface area contributed by atoms with Crippen molar-refractivity contribution in [2.24, 2.45) is 0 Å². The molecule has 0 aliphatic rings. The van der Waals surface area contributed by atoms with Gasteiger partial charge in [-0.2, -0.15) is 0 Å². The molecule has 3 aromatic carbocycles. The molecular formula is C38H46S2. The molecule has 0 nitrogen and oxygen atoms in total. The van der Waals surface area contributed by atoms with Crippen LogP contribution in [0, 0.1) is 0 Å². The Bertz CT molecular complexity index is 1370. The van der Waals surface area contributed by atoms with Crippen molar-refractivity contribution in [2.75, 3.05) is 0 Å². The van der Waals surface area contributed by atoms with E-state index < -0.39 is 0 Å². The molecule has 0 bridgehead atoms. The maximum absolute atomic E-state index is 2.39. The third-order valence-corrected chi connectivity index (χ3v) is 10.6. The highest BCUT2D eigenvalue weighted by Crippen LogP contribution is 2.35. The molecule has 0 aliphatic heterocycles. The maximum Gasteiger partial charge on any atom is 0.0345 e. The van der Waals surface area contributed by atoms with Gasteiger partial charge in [-0.15, -0.1) is 22.7 Å². The Labute approximate surface area is 250 Å². The number of unbranched alkanes of at least 4 members (excludes halogenated alkanes) is 10. The van der Waals surface area contributed by atoms with Gasteiger partial charge in [-0.3, -0.25) is 0 Å². The van der Waals surface area contributed by atoms with Crippen molar-refractivity contribution in [2.45, 2.75) is 104 Å². The van der Waals surface area contributed by atoms with Crippen molar-refractivity contribution in [3.8, 4) is 20.9 Å². The Morgan fingerprint density at radius 1 is 0.400 bits per heavy atom. The average Bonchev–Trinajstić information content (AvgIpc) is 3.65. The van der Waals surface area contributed by atoms with E-state index in [-0.39, 0.29) is 0 Å². The first-order valence-electron chi connectivity index (χ1n) is 15.9. The highest BCUT2D eigenvalue weighted by atomic mass is 32.1. The van der Waals surface area contributed by atoms with Crippen LogP contribution >= 0.6 is 22.7 Å². The fraction of sp³-hybridized carbons (Fsp3) is 0.421. The first kappa shape index (κ1) is 29.1. The van der Waals surface area contributed by atoms with E-state index in [9.17, 15) is 0 Å². The van der Waals surface area contributed by atoms with E-state index in [1.165, 1.54) is 142 Å². The van der Waals surface area contributed by atoms with Crippen LogP contribution < -0.4 is 0 Å². The standard InChI is InChI=1S/C38H46S2/c1-3-5-7-9-11-13-15-35-21-23-37(39-35)31-19-17-29-26-34-28-32(20-18-30(34)25-33(29)27-31)38-24-22-36(40-38)16-14-12-10-8-6-4-2/h17-28H,3-16H2,1-2H3. The molecule has 2 heteroatoms. The minimum absolute atomic E-state index is 1.22. The summed E-state index contributed by atoms with van der Waals surface area (Å²) >= 11 is 3.96. The van der Waals surface area contributed by atoms with Crippen LogP contribution in [0.2, 0.25) is 0 Å². The molecule has 0 N–H and O–H groups in total. The third-order valence-electron chi connectivity index (χ3n) is 8.24. The molecule has 0 radical (unpaired) electrons. The van der Waals surface area contributed by atoms with Crippen molar-refractivity contribution >= 4 is 44.2 Å². The van der Waals surface area contributed by atoms with Gasteiger partial charge in [0.25, 0.3) is 0 Å². The van der Waals surface area contributed by atoms with Crippen LogP contribution in [-0.4, -0.2) is 0 Å². The zero-order chi connectivity index (χ0) is 27.6. The van der Waals surface area contributed by atoms with E-state index in [0.29, 0.717) is 0 Å². The van der Waals surface area contributed by atoms with E-state index >= 15 is 0 Å². The molecule has 2 aromatic heterocycles. The first-order valence-corrected chi connectivity index (χ1v) is 17.5. The van der Waals surface area contributed by atoms with Gasteiger partial charge in [-0.1, -0.05) is 102 Å². The Hall–Kier alpha value is -2.42. The third kappa shape index (κ3) is 7.86. The molecule has 210 valence electrons. The second kappa shape index (κ2) is 15.0. The maximum atomic E-state index is 2.39. The number of rotatable bonds is 16. The van der Waals surface area contributed by atoms with Crippen LogP contribution in [0.5, 0.6) is 0 Å². The van der Waals surface area contributed by atoms with Gasteiger partial charge >= 0.3 is 0 Å². The Morgan fingerprint density at radius 2 is 0.825 bits per heavy atom. The molecule has 0 amide bonds. The van der Waals surface area contributed by atoms with Crippen LogP contribution in [0.4, 0.5) is 0 Å². The summed E-state index contributed by atoms with van der Waals surface area (Å²) in [5.41, 5.74) is 2.69. The van der Waals surface area contributed by atoms with Gasteiger partial charge in [0, 0.05) is 19.5 Å². The van der Waals surface area contributed by atoms with Gasteiger partial charge in [-0.05, 0) is 107 Å². The number of hydrogen-bond donors (Lipinski definition) is 0. The highest BCUT2D eigenvalue weighted by molar-refractivity contribution is 7.15. The second-order valence-electron chi connectivity index (χ2n) is 11.5. The van der Waals surface area contributed by atoms with Gasteiger partial charge in [0.1, 0.15) is 0 Å². The van der Waals surface area contributed by atoms with E-state index in [4.69, 9.17) is 0 Å². The summed E-state index contributed by atoms with van der Waals surface area (Å²) in [7, 11) is 0. The predicted molar refractivity (Wildman–Crippen MR) is 182 cm³/mol. The van der Waals surface area contributed by atoms with E-state index in [2.05, 4.69) is 86.6 Å². The van der Waals surface area contributed by atoms with E-state index in [1.54, 1.807) is 0 Å². The van der Waals surface area contributed by atoms with Crippen LogP contribution in [-0.2, 0) is 12.8 Å². The largest absolute Gasteiger partial charge is 0.140 e. The molecule has 2 heterocycles. The smallest absolute Gasteiger partial charge is 0.0345 e. The lowest BCUT2D eigenvalue weighted by Crippen LogP contribution is -1.82. The van der Waals surface area contributed by atoms with Crippen LogP contribution in [0.15, 0.2) is 72.8 Å². The molecule has 5 rings (SSSR count). The Morgan fingerprint density at radius 3 is 1.27 bits per heavy atom. The van der Waals surface area contributed by atoms with Crippen molar-refractivity contribution in [1.82, 2.24) is 0 Å². The SMILES string of the molecule is CCCCCCCCc1ccc(-c2ccc3cc4cc(-c5ccc(CCCCCCCC)s5)ccc4cc3c2)s1. The lowest BCUT2D eigenvalue weighted by molar-refractivity contribution is 0.609. The summed E-state index contributed by atoms with van der Waals surface area (Å²) in [4.78, 5) is 5.85. The molecule has 0 saturated heterocycles. The zero-order valence-corrected chi connectivity index (χ0v) is 26.3. The summed E-state index contributed by atoms with van der Waals surface area (Å²) in [5, 5.41) is 5.32. The van der Waals surface area contributed by atoms with Gasteiger partial charge in [0.05, 0.1) is 0 Å². The average molecular weight is 567 g/mol. The van der Waals surface area contributed by atoms with Gasteiger partial charge in [0.2, 0.25) is 0 Å². The van der Waals surface area contributed by atoms with Crippen molar-refractivity contribution in [1.29, 1.82) is 0 Å². The van der Waals surface area contributed by atoms with Crippen LogP contribution in [0.3, 0.4) is 0 Å². The van der Waals surface area contributed by atoms with Crippen molar-refractivity contribution in [3.63, 3.8) is 0 Å². The molecule has 40 heavy (non-hydrogen) atoms. The number of thiophene rings is 2. The number of benzene rings is 3. The molecule has 0 aliphatic carbocycles. The Kier molecular flexibility index (Phi) is 10.9. The lowest BCUT2D eigenvalue weighted by Gasteiger charge is -2.07. The normalized spacial score (nSPS) is 11.7. The molecule has 0 atom stereocenters. The summed E-state index contributed by atoms with van der Waals surface area (Å²) in [6, 6.07) is 28.1. The van der Waals surface area contributed by atoms with E-state index in [0.717, 1.165) is 0 Å². The lowest BCUT2D eigenvalue weighted by atomic mass is 9.99. The molecule has 0 unspecified atom stereocenters. The fourth-order valence-corrected chi connectivity index (χ4v) is 7.89. The van der Waals surface area contributed by atoms with Crippen LogP contribution in [0.1, 0.15) is 101 Å². The van der Waals surface area contributed by atoms with Gasteiger partial charge in [-0.25, -0.2) is 0 Å². The first-order chi connectivity index (χ1) is 19.7. The predicted octanol–water partition coefficient (Wildman–Crippen LogP) is 13.3. The molecular weight excluding hydrogens is 521 g/mol. The number of aryl methyl sites for hydroxylation is 2. The van der Waals surface area contributed by atoms with Crippen molar-refractivity contribution < 1.29 is 0 Å². The minimum Gasteiger partial charge on any atom is -0.140 e. The zero-order valence-electron chi connectivity index (χ0n) is 24.6. The minimum atomic E-state index is 1.22. The number of fused-ring (bicyclic) bond motifs is 2. The Balaban J connectivity index is 1.23.